The molecule has 94 valence electrons. The van der Waals surface area contributed by atoms with Crippen LogP contribution in [0.5, 0.6) is 5.75 Å². The predicted octanol–water partition coefficient (Wildman–Crippen LogP) is 2.65. The van der Waals surface area contributed by atoms with Gasteiger partial charge in [-0.15, -0.1) is 0 Å². The first kappa shape index (κ1) is 12.7. The van der Waals surface area contributed by atoms with E-state index >= 15 is 0 Å². The molecular weight excluding hydrogens is 280 g/mol. The summed E-state index contributed by atoms with van der Waals surface area (Å²) in [5.41, 5.74) is 1.23. The fourth-order valence-electron chi connectivity index (χ4n) is 2.18. The number of methoxy groups -OCH3 is 1. The molecule has 1 aromatic rings. The summed E-state index contributed by atoms with van der Waals surface area (Å²) in [5.74, 6) is 0.904. The van der Waals surface area contributed by atoms with Crippen molar-refractivity contribution in [2.75, 3.05) is 31.6 Å². The van der Waals surface area contributed by atoms with Gasteiger partial charge in [0.2, 0.25) is 0 Å². The van der Waals surface area contributed by atoms with Crippen molar-refractivity contribution in [1.29, 1.82) is 0 Å². The molecule has 1 aliphatic heterocycles. The number of anilines is 1. The molecule has 0 aromatic heterocycles. The van der Waals surface area contributed by atoms with Gasteiger partial charge in [0.15, 0.2) is 0 Å². The Morgan fingerprint density at radius 2 is 2.29 bits per heavy atom. The van der Waals surface area contributed by atoms with E-state index < -0.39 is 0 Å². The summed E-state index contributed by atoms with van der Waals surface area (Å²) >= 11 is 3.53. The molecule has 17 heavy (non-hydrogen) atoms. The molecule has 2 rings (SSSR count). The Balaban J connectivity index is 2.18. The number of halogens is 1. The molecular formula is C13H19BrN2O. The van der Waals surface area contributed by atoms with Crippen LogP contribution in [0.3, 0.4) is 0 Å². The van der Waals surface area contributed by atoms with E-state index in [2.05, 4.69) is 45.2 Å². The highest BCUT2D eigenvalue weighted by molar-refractivity contribution is 9.10. The van der Waals surface area contributed by atoms with Gasteiger partial charge < -0.3 is 15.0 Å². The summed E-state index contributed by atoms with van der Waals surface area (Å²) in [6.45, 7) is 5.39. The first-order chi connectivity index (χ1) is 8.22. The Bertz CT molecular complexity index is 384. The van der Waals surface area contributed by atoms with Gasteiger partial charge in [-0.25, -0.2) is 0 Å². The summed E-state index contributed by atoms with van der Waals surface area (Å²) < 4.78 is 6.38. The zero-order valence-electron chi connectivity index (χ0n) is 10.4. The number of benzene rings is 1. The molecule has 0 amide bonds. The Hall–Kier alpha value is -0.740. The molecule has 1 aromatic carbocycles. The quantitative estimate of drug-likeness (QED) is 0.928. The lowest BCUT2D eigenvalue weighted by Crippen LogP contribution is -2.50. The molecule has 1 N–H and O–H groups in total. The number of nitrogens with one attached hydrogen (secondary N) is 1. The maximum absolute atomic E-state index is 5.31. The maximum atomic E-state index is 5.31. The Morgan fingerprint density at radius 3 is 3.00 bits per heavy atom. The lowest BCUT2D eigenvalue weighted by Gasteiger charge is -2.35. The highest BCUT2D eigenvalue weighted by Crippen LogP contribution is 2.27. The SMILES string of the molecule is CCC1CN(c2cc(Br)cc(OC)c2)CCN1. The number of rotatable bonds is 3. The van der Waals surface area contributed by atoms with Crippen LogP contribution in [-0.2, 0) is 0 Å². The fourth-order valence-corrected chi connectivity index (χ4v) is 2.64. The van der Waals surface area contributed by atoms with E-state index in [1.807, 2.05) is 6.07 Å². The van der Waals surface area contributed by atoms with Crippen LogP contribution in [0.4, 0.5) is 5.69 Å². The summed E-state index contributed by atoms with van der Waals surface area (Å²) in [7, 11) is 1.71. The summed E-state index contributed by atoms with van der Waals surface area (Å²) in [5, 5.41) is 3.53. The molecule has 4 heteroatoms. The normalized spacial score (nSPS) is 20.4. The average Bonchev–Trinajstić information content (AvgIpc) is 2.38. The van der Waals surface area contributed by atoms with E-state index in [0.29, 0.717) is 6.04 Å². The zero-order valence-corrected chi connectivity index (χ0v) is 12.0. The van der Waals surface area contributed by atoms with Crippen molar-refractivity contribution in [3.63, 3.8) is 0 Å². The Kier molecular flexibility index (Phi) is 4.29. The molecule has 1 atom stereocenters. The van der Waals surface area contributed by atoms with E-state index in [1.54, 1.807) is 7.11 Å². The predicted molar refractivity (Wildman–Crippen MR) is 75.0 cm³/mol. The minimum absolute atomic E-state index is 0.591. The van der Waals surface area contributed by atoms with Gasteiger partial charge in [-0.05, 0) is 18.6 Å². The Labute approximate surface area is 111 Å². The molecule has 1 heterocycles. The van der Waals surface area contributed by atoms with Crippen molar-refractivity contribution >= 4 is 21.6 Å². The fraction of sp³-hybridized carbons (Fsp3) is 0.538. The highest BCUT2D eigenvalue weighted by atomic mass is 79.9. The number of piperazine rings is 1. The van der Waals surface area contributed by atoms with Crippen LogP contribution < -0.4 is 15.0 Å². The number of ether oxygens (including phenoxy) is 1. The van der Waals surface area contributed by atoms with Crippen molar-refractivity contribution in [2.45, 2.75) is 19.4 Å². The molecule has 0 saturated carbocycles. The largest absolute Gasteiger partial charge is 0.497 e. The molecule has 1 fully saturated rings. The van der Waals surface area contributed by atoms with Gasteiger partial charge in [-0.1, -0.05) is 22.9 Å². The van der Waals surface area contributed by atoms with Gasteiger partial charge >= 0.3 is 0 Å². The monoisotopic (exact) mass is 298 g/mol. The first-order valence-electron chi connectivity index (χ1n) is 6.06. The van der Waals surface area contributed by atoms with Gasteiger partial charge in [0, 0.05) is 41.9 Å². The van der Waals surface area contributed by atoms with E-state index in [1.165, 1.54) is 12.1 Å². The maximum Gasteiger partial charge on any atom is 0.122 e. The van der Waals surface area contributed by atoms with E-state index in [0.717, 1.165) is 29.9 Å². The molecule has 0 radical (unpaired) electrons. The van der Waals surface area contributed by atoms with Crippen molar-refractivity contribution in [3.8, 4) is 5.75 Å². The smallest absolute Gasteiger partial charge is 0.122 e. The second-order valence-electron chi connectivity index (χ2n) is 4.35. The molecule has 3 nitrogen and oxygen atoms in total. The Morgan fingerprint density at radius 1 is 1.47 bits per heavy atom. The topological polar surface area (TPSA) is 24.5 Å². The molecule has 0 bridgehead atoms. The van der Waals surface area contributed by atoms with Gasteiger partial charge in [0.05, 0.1) is 7.11 Å². The molecule has 1 saturated heterocycles. The van der Waals surface area contributed by atoms with Gasteiger partial charge in [-0.3, -0.25) is 0 Å². The van der Waals surface area contributed by atoms with Crippen LogP contribution >= 0.6 is 15.9 Å². The van der Waals surface area contributed by atoms with Crippen LogP contribution in [0.2, 0.25) is 0 Å². The molecule has 1 aliphatic rings. The lowest BCUT2D eigenvalue weighted by atomic mass is 10.1. The van der Waals surface area contributed by atoms with Gasteiger partial charge in [-0.2, -0.15) is 0 Å². The first-order valence-corrected chi connectivity index (χ1v) is 6.85. The van der Waals surface area contributed by atoms with Gasteiger partial charge in [0.25, 0.3) is 0 Å². The third-order valence-corrected chi connectivity index (χ3v) is 3.66. The highest BCUT2D eigenvalue weighted by Gasteiger charge is 2.18. The van der Waals surface area contributed by atoms with Crippen molar-refractivity contribution < 1.29 is 4.74 Å². The molecule has 1 unspecified atom stereocenters. The minimum Gasteiger partial charge on any atom is -0.497 e. The van der Waals surface area contributed by atoms with Crippen LogP contribution in [0.1, 0.15) is 13.3 Å². The second-order valence-corrected chi connectivity index (χ2v) is 5.27. The standard InChI is InChI=1S/C13H19BrN2O/c1-3-11-9-16(5-4-15-11)12-6-10(14)7-13(8-12)17-2/h6-8,11,15H,3-5,9H2,1-2H3. The van der Waals surface area contributed by atoms with Crippen LogP contribution in [-0.4, -0.2) is 32.8 Å². The van der Waals surface area contributed by atoms with E-state index in [9.17, 15) is 0 Å². The zero-order chi connectivity index (χ0) is 12.3. The van der Waals surface area contributed by atoms with Crippen LogP contribution in [0, 0.1) is 0 Å². The third kappa shape index (κ3) is 3.13. The average molecular weight is 299 g/mol. The van der Waals surface area contributed by atoms with Crippen LogP contribution in [0.15, 0.2) is 22.7 Å². The lowest BCUT2D eigenvalue weighted by molar-refractivity contribution is 0.413. The number of nitrogens with zero attached hydrogens (tertiary/aromatic N) is 1. The summed E-state index contributed by atoms with van der Waals surface area (Å²) in [6, 6.07) is 6.83. The van der Waals surface area contributed by atoms with Crippen LogP contribution in [0.25, 0.3) is 0 Å². The van der Waals surface area contributed by atoms with E-state index in [-0.39, 0.29) is 0 Å². The molecule has 0 aliphatic carbocycles. The second kappa shape index (κ2) is 5.74. The molecule has 0 spiro atoms. The number of hydrogen-bond donors (Lipinski definition) is 1. The van der Waals surface area contributed by atoms with Crippen molar-refractivity contribution in [1.82, 2.24) is 5.32 Å². The van der Waals surface area contributed by atoms with Crippen molar-refractivity contribution in [3.05, 3.63) is 22.7 Å². The summed E-state index contributed by atoms with van der Waals surface area (Å²) in [6.07, 6.45) is 1.17. The van der Waals surface area contributed by atoms with Gasteiger partial charge in [0.1, 0.15) is 5.75 Å². The third-order valence-electron chi connectivity index (χ3n) is 3.21. The van der Waals surface area contributed by atoms with Crippen molar-refractivity contribution in [2.24, 2.45) is 0 Å². The summed E-state index contributed by atoms with van der Waals surface area (Å²) in [4.78, 5) is 2.41. The minimum atomic E-state index is 0.591. The van der Waals surface area contributed by atoms with E-state index in [4.69, 9.17) is 4.74 Å². The number of hydrogen-bond acceptors (Lipinski definition) is 3.